The summed E-state index contributed by atoms with van der Waals surface area (Å²) in [5.41, 5.74) is 5.50. The van der Waals surface area contributed by atoms with E-state index in [1.165, 1.54) is 24.3 Å². The van der Waals surface area contributed by atoms with Crippen LogP contribution in [0.1, 0.15) is 36.5 Å². The van der Waals surface area contributed by atoms with E-state index in [4.69, 9.17) is 5.73 Å². The molecule has 1 aliphatic heterocycles. The number of benzene rings is 1. The number of nitrogens with two attached hydrogens (primary N) is 1. The quantitative estimate of drug-likeness (QED) is 0.800. The Kier molecular flexibility index (Phi) is 7.47. The molecule has 0 spiro atoms. The van der Waals surface area contributed by atoms with Crippen LogP contribution < -0.4 is 11.1 Å². The molecule has 1 amide bonds. The first kappa shape index (κ1) is 19.9. The second kappa shape index (κ2) is 8.63. The van der Waals surface area contributed by atoms with Gasteiger partial charge in [-0.3, -0.25) is 4.79 Å². The third kappa shape index (κ3) is 4.67. The standard InChI is InChI=1S/C15H23N3O3S.ClH/c1-2-11-18(13-7-9-17-10-8-13)22(20,21)14-5-3-12(4-6-14)15(16)19;/h3-6,13,17H,2,7-11H2,1H3,(H2,16,19);1H. The number of nitrogens with one attached hydrogen (secondary N) is 1. The summed E-state index contributed by atoms with van der Waals surface area (Å²) in [6, 6.07) is 5.86. The first-order chi connectivity index (χ1) is 10.5. The Labute approximate surface area is 143 Å². The lowest BCUT2D eigenvalue weighted by molar-refractivity contribution is 0.1000. The number of carbonyl (C=O) groups is 1. The van der Waals surface area contributed by atoms with Crippen molar-refractivity contribution < 1.29 is 13.2 Å². The van der Waals surface area contributed by atoms with Gasteiger partial charge in [0.1, 0.15) is 0 Å². The van der Waals surface area contributed by atoms with Gasteiger partial charge in [0.05, 0.1) is 4.90 Å². The third-order valence-corrected chi connectivity index (χ3v) is 5.87. The van der Waals surface area contributed by atoms with Crippen LogP contribution in [0.3, 0.4) is 0 Å². The van der Waals surface area contributed by atoms with E-state index in [9.17, 15) is 13.2 Å². The summed E-state index contributed by atoms with van der Waals surface area (Å²) in [6.07, 6.45) is 2.40. The number of piperidine rings is 1. The van der Waals surface area contributed by atoms with Crippen molar-refractivity contribution in [3.8, 4) is 0 Å². The lowest BCUT2D eigenvalue weighted by Gasteiger charge is -2.33. The molecule has 0 aromatic heterocycles. The molecule has 0 aliphatic carbocycles. The van der Waals surface area contributed by atoms with Gasteiger partial charge in [0.15, 0.2) is 0 Å². The van der Waals surface area contributed by atoms with Crippen molar-refractivity contribution in [1.29, 1.82) is 0 Å². The van der Waals surface area contributed by atoms with Crippen LogP contribution >= 0.6 is 12.4 Å². The largest absolute Gasteiger partial charge is 0.366 e. The van der Waals surface area contributed by atoms with Crippen LogP contribution in [0, 0.1) is 0 Å². The summed E-state index contributed by atoms with van der Waals surface area (Å²) < 4.78 is 27.4. The van der Waals surface area contributed by atoms with Gasteiger partial charge in [-0.15, -0.1) is 12.4 Å². The molecule has 0 bridgehead atoms. The predicted molar refractivity (Wildman–Crippen MR) is 92.3 cm³/mol. The molecule has 3 N–H and O–H groups in total. The fourth-order valence-electron chi connectivity index (χ4n) is 2.74. The minimum atomic E-state index is -3.55. The number of sulfonamides is 1. The molecule has 1 aliphatic rings. The van der Waals surface area contributed by atoms with Gasteiger partial charge in [-0.1, -0.05) is 6.92 Å². The zero-order valence-electron chi connectivity index (χ0n) is 13.2. The SMILES string of the molecule is CCCN(C1CCNCC1)S(=O)(=O)c1ccc(C(N)=O)cc1.Cl. The van der Waals surface area contributed by atoms with Crippen molar-refractivity contribution in [2.45, 2.75) is 37.1 Å². The molecule has 1 aromatic rings. The molecule has 0 radical (unpaired) electrons. The zero-order chi connectivity index (χ0) is 16.2. The summed E-state index contributed by atoms with van der Waals surface area (Å²) in [4.78, 5) is 11.3. The highest BCUT2D eigenvalue weighted by molar-refractivity contribution is 7.89. The van der Waals surface area contributed by atoms with Crippen molar-refractivity contribution >= 4 is 28.3 Å². The Balaban J connectivity index is 0.00000264. The summed E-state index contributed by atoms with van der Waals surface area (Å²) in [7, 11) is -3.55. The molecule has 0 unspecified atom stereocenters. The van der Waals surface area contributed by atoms with Gasteiger partial charge in [-0.25, -0.2) is 8.42 Å². The highest BCUT2D eigenvalue weighted by Crippen LogP contribution is 2.23. The molecule has 0 saturated carbocycles. The van der Waals surface area contributed by atoms with Crippen LogP contribution in [0.25, 0.3) is 0 Å². The fourth-order valence-corrected chi connectivity index (χ4v) is 4.52. The van der Waals surface area contributed by atoms with Gasteiger partial charge in [-0.2, -0.15) is 4.31 Å². The number of amides is 1. The summed E-state index contributed by atoms with van der Waals surface area (Å²) in [6.45, 7) is 4.15. The lowest BCUT2D eigenvalue weighted by Crippen LogP contribution is -2.46. The van der Waals surface area contributed by atoms with Gasteiger partial charge >= 0.3 is 0 Å². The van der Waals surface area contributed by atoms with E-state index in [2.05, 4.69) is 5.32 Å². The molecule has 1 aromatic carbocycles. The Morgan fingerprint density at radius 1 is 1.26 bits per heavy atom. The smallest absolute Gasteiger partial charge is 0.248 e. The lowest BCUT2D eigenvalue weighted by atomic mass is 10.1. The molecule has 6 nitrogen and oxygen atoms in total. The molecule has 1 fully saturated rings. The molecule has 1 heterocycles. The number of halogens is 1. The monoisotopic (exact) mass is 361 g/mol. The predicted octanol–water partition coefficient (Wildman–Crippen LogP) is 1.36. The average molecular weight is 362 g/mol. The Morgan fingerprint density at radius 2 is 1.83 bits per heavy atom. The van der Waals surface area contributed by atoms with Crippen LogP contribution in [0.2, 0.25) is 0 Å². The Hall–Kier alpha value is -1.15. The van der Waals surface area contributed by atoms with Gasteiger partial charge in [-0.05, 0) is 56.6 Å². The van der Waals surface area contributed by atoms with Gasteiger partial charge < -0.3 is 11.1 Å². The maximum atomic E-state index is 12.9. The number of rotatable bonds is 6. The van der Waals surface area contributed by atoms with E-state index >= 15 is 0 Å². The minimum absolute atomic E-state index is 0. The van der Waals surface area contributed by atoms with E-state index in [1.807, 2.05) is 6.92 Å². The van der Waals surface area contributed by atoms with E-state index < -0.39 is 15.9 Å². The van der Waals surface area contributed by atoms with Crippen LogP contribution in [0.5, 0.6) is 0 Å². The summed E-state index contributed by atoms with van der Waals surface area (Å²) >= 11 is 0. The van der Waals surface area contributed by atoms with E-state index in [1.54, 1.807) is 4.31 Å². The average Bonchev–Trinajstić information content (AvgIpc) is 2.53. The third-order valence-electron chi connectivity index (χ3n) is 3.91. The molecule has 8 heteroatoms. The van der Waals surface area contributed by atoms with Crippen LogP contribution in [-0.4, -0.2) is 44.3 Å². The summed E-state index contributed by atoms with van der Waals surface area (Å²) in [5.74, 6) is -0.562. The Bertz CT molecular complexity index is 613. The van der Waals surface area contributed by atoms with Crippen molar-refractivity contribution in [2.75, 3.05) is 19.6 Å². The van der Waals surface area contributed by atoms with E-state index in [0.29, 0.717) is 12.1 Å². The number of hydrogen-bond acceptors (Lipinski definition) is 4. The maximum absolute atomic E-state index is 12.9. The van der Waals surface area contributed by atoms with Crippen molar-refractivity contribution in [2.24, 2.45) is 5.73 Å². The fraction of sp³-hybridized carbons (Fsp3) is 0.533. The number of primary amides is 1. The molecular weight excluding hydrogens is 338 g/mol. The molecule has 0 atom stereocenters. The van der Waals surface area contributed by atoms with Crippen molar-refractivity contribution in [3.63, 3.8) is 0 Å². The van der Waals surface area contributed by atoms with Crippen molar-refractivity contribution in [3.05, 3.63) is 29.8 Å². The van der Waals surface area contributed by atoms with E-state index in [-0.39, 0.29) is 23.3 Å². The highest BCUT2D eigenvalue weighted by atomic mass is 35.5. The molecule has 2 rings (SSSR count). The Morgan fingerprint density at radius 3 is 2.30 bits per heavy atom. The topological polar surface area (TPSA) is 92.5 Å². The second-order valence-corrected chi connectivity index (χ2v) is 7.38. The van der Waals surface area contributed by atoms with Gasteiger partial charge in [0.25, 0.3) is 0 Å². The minimum Gasteiger partial charge on any atom is -0.366 e. The number of hydrogen-bond donors (Lipinski definition) is 2. The molecule has 23 heavy (non-hydrogen) atoms. The number of nitrogens with zero attached hydrogens (tertiary/aromatic N) is 1. The second-order valence-electron chi connectivity index (χ2n) is 5.49. The van der Waals surface area contributed by atoms with Crippen LogP contribution in [0.4, 0.5) is 0 Å². The number of carbonyl (C=O) groups excluding carboxylic acids is 1. The van der Waals surface area contributed by atoms with Crippen LogP contribution in [-0.2, 0) is 10.0 Å². The first-order valence-corrected chi connectivity index (χ1v) is 9.03. The normalized spacial score (nSPS) is 16.1. The van der Waals surface area contributed by atoms with Crippen molar-refractivity contribution in [1.82, 2.24) is 9.62 Å². The molecule has 130 valence electrons. The highest BCUT2D eigenvalue weighted by Gasteiger charge is 2.31. The van der Waals surface area contributed by atoms with Crippen LogP contribution in [0.15, 0.2) is 29.2 Å². The maximum Gasteiger partial charge on any atom is 0.248 e. The van der Waals surface area contributed by atoms with Gasteiger partial charge in [0, 0.05) is 18.2 Å². The first-order valence-electron chi connectivity index (χ1n) is 7.59. The van der Waals surface area contributed by atoms with E-state index in [0.717, 1.165) is 32.4 Å². The molecule has 1 saturated heterocycles. The summed E-state index contributed by atoms with van der Waals surface area (Å²) in [5, 5.41) is 3.25. The van der Waals surface area contributed by atoms with Gasteiger partial charge in [0.2, 0.25) is 15.9 Å². The molecular formula is C15H24ClN3O3S. The zero-order valence-corrected chi connectivity index (χ0v) is 14.8.